The molecule has 0 atom stereocenters. The molecule has 2 fully saturated rings. The molecule has 2 heterocycles. The first-order chi connectivity index (χ1) is 19.8. The first-order valence-electron chi connectivity index (χ1n) is 14.4. The summed E-state index contributed by atoms with van der Waals surface area (Å²) in [5.41, 5.74) is 12.1. The maximum Gasteiger partial charge on any atom is 0.0240 e. The predicted octanol–water partition coefficient (Wildman–Crippen LogP) is 10.7. The zero-order chi connectivity index (χ0) is 28.4. The number of piperidine rings is 2. The topological polar surface area (TPSA) is 15.3 Å². The van der Waals surface area contributed by atoms with Gasteiger partial charge in [-0.05, 0) is 152 Å². The van der Waals surface area contributed by atoms with Crippen LogP contribution in [-0.4, -0.2) is 38.1 Å². The Hall–Kier alpha value is -0.550. The maximum absolute atomic E-state index is 3.67. The van der Waals surface area contributed by atoms with Gasteiger partial charge in [-0.25, -0.2) is 0 Å². The third-order valence-corrected chi connectivity index (χ3v) is 11.8. The third kappa shape index (κ3) is 5.25. The Morgan fingerprint density at radius 1 is 0.524 bits per heavy atom. The van der Waals surface area contributed by atoms with Crippen LogP contribution in [0.15, 0.2) is 90.7 Å². The van der Waals surface area contributed by atoms with Crippen LogP contribution in [-0.2, 0) is 10.8 Å². The van der Waals surface area contributed by atoms with Gasteiger partial charge in [-0.1, -0.05) is 88.0 Å². The van der Waals surface area contributed by atoms with Gasteiger partial charge in [0.05, 0.1) is 0 Å². The lowest BCUT2D eigenvalue weighted by Crippen LogP contribution is -2.40. The Labute approximate surface area is 300 Å². The number of hydrogen-bond acceptors (Lipinski definition) is 2. The van der Waals surface area contributed by atoms with Crippen LogP contribution in [0.3, 0.4) is 0 Å². The van der Waals surface area contributed by atoms with Crippen molar-refractivity contribution in [2.75, 3.05) is 33.2 Å². The smallest absolute Gasteiger partial charge is 0.0240 e. The highest BCUT2D eigenvalue weighted by atomic mass is 127. The zero-order valence-electron chi connectivity index (χ0n) is 23.5. The fourth-order valence-corrected chi connectivity index (χ4v) is 9.25. The number of nitrogens with zero attached hydrogens (tertiary/aromatic N) is 1. The van der Waals surface area contributed by atoms with Crippen molar-refractivity contribution in [1.82, 2.24) is 10.2 Å². The Kier molecular flexibility index (Phi) is 9.23. The Morgan fingerprint density at radius 2 is 0.833 bits per heavy atom. The highest BCUT2D eigenvalue weighted by Gasteiger charge is 2.45. The van der Waals surface area contributed by atoms with Gasteiger partial charge in [-0.15, -0.1) is 24.0 Å². The first kappa shape index (κ1) is 31.4. The minimum absolute atomic E-state index is 0. The van der Waals surface area contributed by atoms with Crippen LogP contribution >= 0.6 is 87.7 Å². The lowest BCUT2D eigenvalue weighted by Gasteiger charge is -2.39. The molecular formula is C35H33Br4IN2. The number of nitrogens with one attached hydrogen (secondary N) is 1. The number of likely N-dealkylation sites (tertiary alicyclic amines) is 1. The lowest BCUT2D eigenvalue weighted by atomic mass is 9.71. The van der Waals surface area contributed by atoms with Crippen molar-refractivity contribution in [2.24, 2.45) is 0 Å². The lowest BCUT2D eigenvalue weighted by molar-refractivity contribution is 0.216. The number of halogens is 5. The Morgan fingerprint density at radius 3 is 1.17 bits per heavy atom. The van der Waals surface area contributed by atoms with Gasteiger partial charge in [0.1, 0.15) is 0 Å². The van der Waals surface area contributed by atoms with E-state index < -0.39 is 0 Å². The summed E-state index contributed by atoms with van der Waals surface area (Å²) >= 11 is 14.6. The fourth-order valence-electron chi connectivity index (χ4n) is 7.81. The fraction of sp³-hybridized carbons (Fsp3) is 0.314. The molecule has 218 valence electrons. The molecule has 4 aromatic rings. The largest absolute Gasteiger partial charge is 0.317 e. The van der Waals surface area contributed by atoms with E-state index in [4.69, 9.17) is 0 Å². The summed E-state index contributed by atoms with van der Waals surface area (Å²) in [5.74, 6) is 0. The van der Waals surface area contributed by atoms with E-state index in [0.29, 0.717) is 0 Å². The monoisotopic (exact) mass is 924 g/mol. The molecular weight excluding hydrogens is 895 g/mol. The van der Waals surface area contributed by atoms with Gasteiger partial charge in [0.2, 0.25) is 0 Å². The highest BCUT2D eigenvalue weighted by Crippen LogP contribution is 2.56. The van der Waals surface area contributed by atoms with Crippen molar-refractivity contribution in [2.45, 2.75) is 36.5 Å². The molecule has 0 aromatic heterocycles. The van der Waals surface area contributed by atoms with Crippen LogP contribution in [0.2, 0.25) is 0 Å². The second-order valence-electron chi connectivity index (χ2n) is 12.0. The highest BCUT2D eigenvalue weighted by molar-refractivity contribution is 14.0. The van der Waals surface area contributed by atoms with Crippen LogP contribution in [0.4, 0.5) is 0 Å². The van der Waals surface area contributed by atoms with Gasteiger partial charge in [0, 0.05) is 28.7 Å². The van der Waals surface area contributed by atoms with Crippen LogP contribution in [0.1, 0.15) is 47.9 Å². The molecule has 0 bridgehead atoms. The molecule has 2 spiro atoms. The number of rotatable bonds is 0. The van der Waals surface area contributed by atoms with E-state index in [1.54, 1.807) is 0 Å². The van der Waals surface area contributed by atoms with Gasteiger partial charge in [0.15, 0.2) is 0 Å². The molecule has 2 saturated heterocycles. The summed E-state index contributed by atoms with van der Waals surface area (Å²) in [7, 11) is 2.23. The Balaban J connectivity index is 0.000000147. The minimum Gasteiger partial charge on any atom is -0.317 e. The van der Waals surface area contributed by atoms with E-state index >= 15 is 0 Å². The van der Waals surface area contributed by atoms with Crippen molar-refractivity contribution in [3.8, 4) is 22.3 Å². The van der Waals surface area contributed by atoms with Gasteiger partial charge in [-0.2, -0.15) is 0 Å². The predicted molar refractivity (Wildman–Crippen MR) is 200 cm³/mol. The molecule has 4 aromatic carbocycles. The van der Waals surface area contributed by atoms with Gasteiger partial charge < -0.3 is 10.2 Å². The molecule has 7 heteroatoms. The van der Waals surface area contributed by atoms with Crippen molar-refractivity contribution in [3.63, 3.8) is 0 Å². The molecule has 1 N–H and O–H groups in total. The van der Waals surface area contributed by atoms with Crippen molar-refractivity contribution >= 4 is 87.7 Å². The van der Waals surface area contributed by atoms with E-state index in [2.05, 4.69) is 154 Å². The average Bonchev–Trinajstić information content (AvgIpc) is 3.37. The molecule has 2 aliphatic heterocycles. The second kappa shape index (κ2) is 12.3. The minimum atomic E-state index is 0. The van der Waals surface area contributed by atoms with Crippen LogP contribution < -0.4 is 5.32 Å². The van der Waals surface area contributed by atoms with E-state index in [0.717, 1.165) is 26.2 Å². The molecule has 0 saturated carbocycles. The molecule has 0 unspecified atom stereocenters. The van der Waals surface area contributed by atoms with Crippen LogP contribution in [0.5, 0.6) is 0 Å². The van der Waals surface area contributed by atoms with E-state index in [-0.39, 0.29) is 34.8 Å². The summed E-state index contributed by atoms with van der Waals surface area (Å²) in [4.78, 5) is 2.44. The van der Waals surface area contributed by atoms with Crippen molar-refractivity contribution in [3.05, 3.63) is 113 Å². The van der Waals surface area contributed by atoms with Gasteiger partial charge in [0.25, 0.3) is 0 Å². The van der Waals surface area contributed by atoms with E-state index in [9.17, 15) is 0 Å². The quantitative estimate of drug-likeness (QED) is 0.177. The maximum atomic E-state index is 3.67. The van der Waals surface area contributed by atoms with Crippen molar-refractivity contribution in [1.29, 1.82) is 0 Å². The van der Waals surface area contributed by atoms with Crippen LogP contribution in [0.25, 0.3) is 22.3 Å². The standard InChI is InChI=1S/C18H17Br2N.C17H15Br2N.HI/c1-21-8-6-18(7-9-21)16-10-12(19)2-4-14(16)15-5-3-13(20)11-17(15)18;18-11-1-3-13-14-4-2-12(19)10-16(14)17(15(13)9-11)5-7-20-8-6-17;/h2-5,10-11H,6-9H2,1H3;1-4,9-10,20H,5-8H2;1H. The van der Waals surface area contributed by atoms with E-state index in [1.807, 2.05) is 0 Å². The summed E-state index contributed by atoms with van der Waals surface area (Å²) in [6, 6.07) is 27.1. The summed E-state index contributed by atoms with van der Waals surface area (Å²) < 4.78 is 4.74. The van der Waals surface area contributed by atoms with Crippen molar-refractivity contribution < 1.29 is 0 Å². The molecule has 4 aliphatic rings. The first-order valence-corrected chi connectivity index (χ1v) is 17.6. The molecule has 42 heavy (non-hydrogen) atoms. The number of benzene rings is 4. The molecule has 2 nitrogen and oxygen atoms in total. The van der Waals surface area contributed by atoms with Gasteiger partial charge >= 0.3 is 0 Å². The molecule has 2 aliphatic carbocycles. The summed E-state index contributed by atoms with van der Waals surface area (Å²) in [6.07, 6.45) is 4.77. The SMILES string of the molecule is Brc1ccc2c(c1)C1(CCNCC1)c1cc(Br)ccc1-2.CN1CCC2(CC1)c1cc(Br)ccc1-c1ccc(Br)cc12.I. The number of hydrogen-bond donors (Lipinski definition) is 1. The number of fused-ring (bicyclic) bond motifs is 10. The molecule has 0 radical (unpaired) electrons. The molecule has 0 amide bonds. The normalized spacial score (nSPS) is 18.8. The van der Waals surface area contributed by atoms with E-state index in [1.165, 1.54) is 88.1 Å². The summed E-state index contributed by atoms with van der Waals surface area (Å²) in [5, 5.41) is 3.50. The average molecular weight is 928 g/mol. The summed E-state index contributed by atoms with van der Waals surface area (Å²) in [6.45, 7) is 4.52. The second-order valence-corrected chi connectivity index (χ2v) is 15.6. The van der Waals surface area contributed by atoms with Crippen LogP contribution in [0, 0.1) is 0 Å². The zero-order valence-corrected chi connectivity index (χ0v) is 32.1. The third-order valence-electron chi connectivity index (χ3n) is 9.87. The van der Waals surface area contributed by atoms with Gasteiger partial charge in [-0.3, -0.25) is 0 Å². The Bertz CT molecular complexity index is 1550. The molecule has 8 rings (SSSR count).